The number of ether oxygens (including phenoxy) is 2. The summed E-state index contributed by atoms with van der Waals surface area (Å²) in [5.41, 5.74) is 2.45. The Kier molecular flexibility index (Phi) is 4.84. The van der Waals surface area contributed by atoms with Crippen molar-refractivity contribution in [1.82, 2.24) is 9.80 Å². The van der Waals surface area contributed by atoms with Crippen molar-refractivity contribution in [3.05, 3.63) is 71.8 Å². The first-order valence-electron chi connectivity index (χ1n) is 9.42. The third-order valence-electron chi connectivity index (χ3n) is 6.04. The normalized spacial score (nSPS) is 35.8. The highest BCUT2D eigenvalue weighted by molar-refractivity contribution is 5.22. The number of rotatable bonds is 3. The average molecular weight is 352 g/mol. The van der Waals surface area contributed by atoms with Gasteiger partial charge in [0, 0.05) is 12.1 Å². The van der Waals surface area contributed by atoms with Crippen LogP contribution in [0.15, 0.2) is 60.7 Å². The highest BCUT2D eigenvalue weighted by Gasteiger charge is 2.49. The summed E-state index contributed by atoms with van der Waals surface area (Å²) in [6.07, 6.45) is -0.0451. The molecule has 4 rings (SSSR count). The van der Waals surface area contributed by atoms with E-state index in [1.165, 1.54) is 11.1 Å². The van der Waals surface area contributed by atoms with Crippen molar-refractivity contribution < 1.29 is 9.47 Å². The summed E-state index contributed by atoms with van der Waals surface area (Å²) >= 11 is 0. The molecular weight excluding hydrogens is 324 g/mol. The first kappa shape index (κ1) is 17.7. The smallest absolute Gasteiger partial charge is 0.151 e. The van der Waals surface area contributed by atoms with Crippen LogP contribution in [0.5, 0.6) is 0 Å². The second-order valence-electron chi connectivity index (χ2n) is 7.53. The number of hydrogen-bond donors (Lipinski definition) is 0. The molecule has 2 aliphatic rings. The maximum Gasteiger partial charge on any atom is 0.151 e. The second-order valence-corrected chi connectivity index (χ2v) is 7.53. The molecule has 0 aromatic heterocycles. The molecule has 4 nitrogen and oxygen atoms in total. The van der Waals surface area contributed by atoms with Gasteiger partial charge in [0.15, 0.2) is 12.5 Å². The molecular formula is C22H28N2O2. The minimum atomic E-state index is -0.0867. The first-order chi connectivity index (χ1) is 12.6. The summed E-state index contributed by atoms with van der Waals surface area (Å²) in [6, 6.07) is 21.6. The Morgan fingerprint density at radius 3 is 1.31 bits per heavy atom. The summed E-state index contributed by atoms with van der Waals surface area (Å²) in [7, 11) is 4.27. The van der Waals surface area contributed by atoms with Gasteiger partial charge >= 0.3 is 0 Å². The minimum absolute atomic E-state index is 0.0641. The van der Waals surface area contributed by atoms with Crippen LogP contribution in [0, 0.1) is 0 Å². The van der Waals surface area contributed by atoms with E-state index < -0.39 is 0 Å². The molecule has 0 aliphatic carbocycles. The van der Waals surface area contributed by atoms with Gasteiger partial charge in [0.05, 0.1) is 0 Å². The molecule has 0 amide bonds. The number of benzene rings is 2. The molecule has 4 heteroatoms. The minimum Gasteiger partial charge on any atom is -0.349 e. The van der Waals surface area contributed by atoms with Gasteiger partial charge in [0.1, 0.15) is 12.2 Å². The lowest BCUT2D eigenvalue weighted by atomic mass is 10.0. The van der Waals surface area contributed by atoms with E-state index in [1.54, 1.807) is 0 Å². The fraction of sp³-hybridized carbons (Fsp3) is 0.455. The van der Waals surface area contributed by atoms with Crippen molar-refractivity contribution in [3.8, 4) is 0 Å². The zero-order valence-electron chi connectivity index (χ0n) is 15.9. The Morgan fingerprint density at radius 1 is 0.615 bits per heavy atom. The van der Waals surface area contributed by atoms with Gasteiger partial charge in [-0.05, 0) is 39.1 Å². The summed E-state index contributed by atoms with van der Waals surface area (Å²) in [6.45, 7) is 4.45. The second kappa shape index (κ2) is 7.12. The van der Waals surface area contributed by atoms with Crippen LogP contribution < -0.4 is 0 Å². The molecule has 2 aromatic carbocycles. The van der Waals surface area contributed by atoms with Crippen molar-refractivity contribution >= 4 is 0 Å². The molecule has 6 atom stereocenters. The molecule has 2 fully saturated rings. The van der Waals surface area contributed by atoms with E-state index in [9.17, 15) is 0 Å². The van der Waals surface area contributed by atoms with Gasteiger partial charge in [-0.3, -0.25) is 9.80 Å². The van der Waals surface area contributed by atoms with Gasteiger partial charge in [-0.1, -0.05) is 60.7 Å². The maximum atomic E-state index is 6.52. The number of nitrogens with zero attached hydrogens (tertiary/aromatic N) is 2. The molecule has 138 valence electrons. The summed E-state index contributed by atoms with van der Waals surface area (Å²) in [5, 5.41) is 0. The molecule has 0 saturated carbocycles. The standard InChI is InChI=1S/C22H28N2O2/c1-15-19(17-11-7-5-8-12-17)25-21(23(15)3)22-24(4)16(2)20(26-22)18-13-9-6-10-14-18/h5-16,19-22H,1-4H3/t15-,16-,19+,20+,21?,22?/m0/s1. The van der Waals surface area contributed by atoms with Crippen LogP contribution in [-0.2, 0) is 9.47 Å². The quantitative estimate of drug-likeness (QED) is 0.838. The summed E-state index contributed by atoms with van der Waals surface area (Å²) in [4.78, 5) is 4.61. The Balaban J connectivity index is 1.56. The molecule has 0 N–H and O–H groups in total. The van der Waals surface area contributed by atoms with Crippen molar-refractivity contribution in [2.45, 2.75) is 50.6 Å². The average Bonchev–Trinajstić information content (AvgIpc) is 3.14. The van der Waals surface area contributed by atoms with Crippen molar-refractivity contribution in [1.29, 1.82) is 0 Å². The van der Waals surface area contributed by atoms with E-state index in [1.807, 2.05) is 12.1 Å². The molecule has 2 aliphatic heterocycles. The van der Waals surface area contributed by atoms with Gasteiger partial charge in [-0.15, -0.1) is 0 Å². The lowest BCUT2D eigenvalue weighted by Crippen LogP contribution is -2.47. The molecule has 0 bridgehead atoms. The van der Waals surface area contributed by atoms with E-state index in [2.05, 4.69) is 86.3 Å². The Bertz CT molecular complexity index is 660. The highest BCUT2D eigenvalue weighted by Crippen LogP contribution is 2.41. The Labute approximate surface area is 156 Å². The van der Waals surface area contributed by atoms with Crippen LogP contribution in [0.4, 0.5) is 0 Å². The Morgan fingerprint density at radius 2 is 0.962 bits per heavy atom. The van der Waals surface area contributed by atoms with E-state index in [4.69, 9.17) is 9.47 Å². The van der Waals surface area contributed by atoms with Crippen molar-refractivity contribution in [2.24, 2.45) is 0 Å². The van der Waals surface area contributed by atoms with Gasteiger partial charge in [0.25, 0.3) is 0 Å². The van der Waals surface area contributed by atoms with E-state index in [0.717, 1.165) is 0 Å². The van der Waals surface area contributed by atoms with E-state index >= 15 is 0 Å². The van der Waals surface area contributed by atoms with Crippen LogP contribution in [0.1, 0.15) is 37.2 Å². The van der Waals surface area contributed by atoms with Crippen LogP contribution in [-0.4, -0.2) is 48.4 Å². The fourth-order valence-electron chi connectivity index (χ4n) is 4.15. The fourth-order valence-corrected chi connectivity index (χ4v) is 4.15. The van der Waals surface area contributed by atoms with Gasteiger partial charge in [-0.25, -0.2) is 0 Å². The third kappa shape index (κ3) is 2.97. The zero-order chi connectivity index (χ0) is 18.3. The molecule has 26 heavy (non-hydrogen) atoms. The van der Waals surface area contributed by atoms with Crippen LogP contribution >= 0.6 is 0 Å². The van der Waals surface area contributed by atoms with E-state index in [0.29, 0.717) is 12.1 Å². The lowest BCUT2D eigenvalue weighted by Gasteiger charge is -2.30. The predicted octanol–water partition coefficient (Wildman–Crippen LogP) is 3.82. The maximum absolute atomic E-state index is 6.52. The van der Waals surface area contributed by atoms with Crippen LogP contribution in [0.2, 0.25) is 0 Å². The zero-order valence-corrected chi connectivity index (χ0v) is 15.9. The molecule has 2 unspecified atom stereocenters. The Hall–Kier alpha value is -1.72. The third-order valence-corrected chi connectivity index (χ3v) is 6.04. The number of hydrogen-bond acceptors (Lipinski definition) is 4. The van der Waals surface area contributed by atoms with Crippen molar-refractivity contribution in [3.63, 3.8) is 0 Å². The molecule has 2 saturated heterocycles. The van der Waals surface area contributed by atoms with Gasteiger partial charge in [-0.2, -0.15) is 0 Å². The monoisotopic (exact) mass is 352 g/mol. The topological polar surface area (TPSA) is 24.9 Å². The lowest BCUT2D eigenvalue weighted by molar-refractivity contribution is -0.134. The molecule has 2 aromatic rings. The highest BCUT2D eigenvalue weighted by atomic mass is 16.6. The first-order valence-corrected chi connectivity index (χ1v) is 9.42. The van der Waals surface area contributed by atoms with Gasteiger partial charge in [0.2, 0.25) is 0 Å². The predicted molar refractivity (Wildman–Crippen MR) is 103 cm³/mol. The molecule has 2 heterocycles. The molecule has 0 spiro atoms. The SMILES string of the molecule is C[C@H]1[C@H](c2ccccc2)OC(C2O[C@@H](c3ccccc3)[C@H](C)N2C)N1C. The number of likely N-dealkylation sites (N-methyl/N-ethyl adjacent to an activating group) is 2. The van der Waals surface area contributed by atoms with E-state index in [-0.39, 0.29) is 24.7 Å². The van der Waals surface area contributed by atoms with Crippen molar-refractivity contribution in [2.75, 3.05) is 14.1 Å². The van der Waals surface area contributed by atoms with Crippen LogP contribution in [0.3, 0.4) is 0 Å². The summed E-state index contributed by atoms with van der Waals surface area (Å²) < 4.78 is 13.0. The van der Waals surface area contributed by atoms with Gasteiger partial charge < -0.3 is 9.47 Å². The van der Waals surface area contributed by atoms with Crippen LogP contribution in [0.25, 0.3) is 0 Å². The summed E-state index contributed by atoms with van der Waals surface area (Å²) in [5.74, 6) is 0. The molecule has 0 radical (unpaired) electrons. The largest absolute Gasteiger partial charge is 0.349 e.